The molecule has 0 fully saturated rings. The number of anilines is 1. The third-order valence-electron chi connectivity index (χ3n) is 4.64. The zero-order chi connectivity index (χ0) is 20.8. The van der Waals surface area contributed by atoms with Crippen molar-refractivity contribution in [2.24, 2.45) is 0 Å². The molecule has 3 rings (SSSR count). The van der Waals surface area contributed by atoms with Crippen LogP contribution in [0.2, 0.25) is 0 Å². The number of nitrogens with zero attached hydrogens (tertiary/aromatic N) is 1. The Bertz CT molecular complexity index is 1020. The summed E-state index contributed by atoms with van der Waals surface area (Å²) in [5, 5.41) is 14.2. The third-order valence-corrected chi connectivity index (χ3v) is 4.64. The Morgan fingerprint density at radius 3 is 2.45 bits per heavy atom. The highest BCUT2D eigenvalue weighted by Crippen LogP contribution is 2.27. The predicted molar refractivity (Wildman–Crippen MR) is 113 cm³/mol. The van der Waals surface area contributed by atoms with Crippen molar-refractivity contribution >= 4 is 17.2 Å². The van der Waals surface area contributed by atoms with Gasteiger partial charge in [0.2, 0.25) is 0 Å². The first-order valence-corrected chi connectivity index (χ1v) is 9.21. The van der Waals surface area contributed by atoms with Gasteiger partial charge in [-0.15, -0.1) is 0 Å². The smallest absolute Gasteiger partial charge is 0.269 e. The lowest BCUT2D eigenvalue weighted by atomic mass is 9.96. The van der Waals surface area contributed by atoms with Crippen molar-refractivity contribution in [2.45, 2.75) is 19.4 Å². The molecule has 0 saturated heterocycles. The summed E-state index contributed by atoms with van der Waals surface area (Å²) in [4.78, 5) is 23.4. The van der Waals surface area contributed by atoms with Crippen molar-refractivity contribution < 1.29 is 14.5 Å². The van der Waals surface area contributed by atoms with E-state index in [1.807, 2.05) is 31.2 Å². The molecule has 0 aliphatic carbocycles. The van der Waals surface area contributed by atoms with Crippen LogP contribution in [0.25, 0.3) is 0 Å². The summed E-state index contributed by atoms with van der Waals surface area (Å²) >= 11 is 0. The predicted octanol–water partition coefficient (Wildman–Crippen LogP) is 5.34. The molecule has 0 aliphatic rings. The first kappa shape index (κ1) is 20.1. The van der Waals surface area contributed by atoms with Crippen LogP contribution < -0.4 is 10.1 Å². The fraction of sp³-hybridized carbons (Fsp3) is 0.174. The van der Waals surface area contributed by atoms with Gasteiger partial charge in [-0.25, -0.2) is 0 Å². The van der Waals surface area contributed by atoms with E-state index in [2.05, 4.69) is 5.32 Å². The van der Waals surface area contributed by atoms with Crippen molar-refractivity contribution in [2.75, 3.05) is 12.4 Å². The minimum absolute atomic E-state index is 0.0233. The molecule has 6 heteroatoms. The third kappa shape index (κ3) is 5.19. The number of carbonyl (C=O) groups excluding carboxylic acids is 1. The van der Waals surface area contributed by atoms with E-state index in [1.165, 1.54) is 12.1 Å². The van der Waals surface area contributed by atoms with Gasteiger partial charge in [0.25, 0.3) is 5.69 Å². The summed E-state index contributed by atoms with van der Waals surface area (Å²) in [6.07, 6.45) is 0.230. The molecule has 0 radical (unpaired) electrons. The molecule has 0 amide bonds. The Balaban J connectivity index is 1.86. The first-order valence-electron chi connectivity index (χ1n) is 9.21. The van der Waals surface area contributed by atoms with Crippen molar-refractivity contribution in [3.05, 3.63) is 99.6 Å². The van der Waals surface area contributed by atoms with Crippen LogP contribution in [0.5, 0.6) is 5.75 Å². The maximum atomic E-state index is 12.9. The van der Waals surface area contributed by atoms with Gasteiger partial charge in [0.05, 0.1) is 18.1 Å². The molecule has 0 heterocycles. The maximum Gasteiger partial charge on any atom is 0.269 e. The topological polar surface area (TPSA) is 81.5 Å². The molecule has 3 aromatic rings. The molecule has 1 N–H and O–H groups in total. The Kier molecular flexibility index (Phi) is 6.24. The van der Waals surface area contributed by atoms with Gasteiger partial charge < -0.3 is 10.1 Å². The van der Waals surface area contributed by atoms with Gasteiger partial charge in [0.15, 0.2) is 5.78 Å². The highest BCUT2D eigenvalue weighted by atomic mass is 16.6. The fourth-order valence-electron chi connectivity index (χ4n) is 3.12. The van der Waals surface area contributed by atoms with Crippen LogP contribution in [-0.2, 0) is 0 Å². The molecule has 0 aliphatic heterocycles. The number of carbonyl (C=O) groups is 1. The number of rotatable bonds is 8. The SMILES string of the molecule is COc1cccc(C(=O)CC(Nc2ccc([N+](=O)[O-])cc2)c2cccc(C)c2)c1. The first-order chi connectivity index (χ1) is 14.0. The van der Waals surface area contributed by atoms with E-state index in [0.717, 1.165) is 11.1 Å². The lowest BCUT2D eigenvalue weighted by Gasteiger charge is -2.20. The minimum Gasteiger partial charge on any atom is -0.497 e. The van der Waals surface area contributed by atoms with Gasteiger partial charge in [0.1, 0.15) is 5.75 Å². The quantitative estimate of drug-likeness (QED) is 0.319. The standard InChI is InChI=1S/C23H22N2O4/c1-16-5-3-6-17(13-16)22(24-19-9-11-20(12-10-19)25(27)28)15-23(26)18-7-4-8-21(14-18)29-2/h3-14,22,24H,15H2,1-2H3. The van der Waals surface area contributed by atoms with E-state index in [-0.39, 0.29) is 23.9 Å². The summed E-state index contributed by atoms with van der Waals surface area (Å²) in [5.74, 6) is 0.608. The Morgan fingerprint density at radius 2 is 1.79 bits per heavy atom. The molecule has 148 valence electrons. The number of nitro benzene ring substituents is 1. The summed E-state index contributed by atoms with van der Waals surface area (Å²) in [6.45, 7) is 2.00. The van der Waals surface area contributed by atoms with Crippen LogP contribution in [0, 0.1) is 17.0 Å². The average Bonchev–Trinajstić information content (AvgIpc) is 2.73. The monoisotopic (exact) mass is 390 g/mol. The highest BCUT2D eigenvalue weighted by Gasteiger charge is 2.18. The number of hydrogen-bond acceptors (Lipinski definition) is 5. The molecule has 0 aromatic heterocycles. The lowest BCUT2D eigenvalue weighted by molar-refractivity contribution is -0.384. The second kappa shape index (κ2) is 9.01. The summed E-state index contributed by atoms with van der Waals surface area (Å²) in [5.41, 5.74) is 3.37. The number of hydrogen-bond donors (Lipinski definition) is 1. The zero-order valence-corrected chi connectivity index (χ0v) is 16.3. The molecule has 1 atom stereocenters. The van der Waals surface area contributed by atoms with Crippen molar-refractivity contribution in [1.82, 2.24) is 0 Å². The molecule has 6 nitrogen and oxygen atoms in total. The number of non-ortho nitro benzene ring substituents is 1. The summed E-state index contributed by atoms with van der Waals surface area (Å²) in [7, 11) is 1.56. The molecule has 3 aromatic carbocycles. The van der Waals surface area contributed by atoms with E-state index in [1.54, 1.807) is 43.5 Å². The fourth-order valence-corrected chi connectivity index (χ4v) is 3.12. The van der Waals surface area contributed by atoms with Gasteiger partial charge in [-0.2, -0.15) is 0 Å². The molecule has 0 bridgehead atoms. The number of aryl methyl sites for hydroxylation is 1. The number of Topliss-reactive ketones (excluding diaryl/α,β-unsaturated/α-hetero) is 1. The number of nitro groups is 1. The van der Waals surface area contributed by atoms with Gasteiger partial charge in [-0.05, 0) is 36.8 Å². The molecule has 29 heavy (non-hydrogen) atoms. The number of ketones is 1. The Labute approximate surface area is 169 Å². The van der Waals surface area contributed by atoms with Crippen LogP contribution in [0.4, 0.5) is 11.4 Å². The second-order valence-electron chi connectivity index (χ2n) is 6.77. The van der Waals surface area contributed by atoms with Crippen LogP contribution in [0.3, 0.4) is 0 Å². The lowest BCUT2D eigenvalue weighted by Crippen LogP contribution is -2.16. The Morgan fingerprint density at radius 1 is 1.07 bits per heavy atom. The van der Waals surface area contributed by atoms with Crippen LogP contribution in [0.15, 0.2) is 72.8 Å². The van der Waals surface area contributed by atoms with Gasteiger partial charge in [0, 0.05) is 29.8 Å². The van der Waals surface area contributed by atoms with E-state index in [4.69, 9.17) is 4.74 Å². The normalized spacial score (nSPS) is 11.5. The number of methoxy groups -OCH3 is 1. The van der Waals surface area contributed by atoms with Crippen LogP contribution in [-0.4, -0.2) is 17.8 Å². The molecule has 0 saturated carbocycles. The van der Waals surface area contributed by atoms with E-state index in [0.29, 0.717) is 17.0 Å². The van der Waals surface area contributed by atoms with E-state index >= 15 is 0 Å². The second-order valence-corrected chi connectivity index (χ2v) is 6.77. The van der Waals surface area contributed by atoms with Gasteiger partial charge in [-0.3, -0.25) is 14.9 Å². The van der Waals surface area contributed by atoms with Crippen LogP contribution >= 0.6 is 0 Å². The van der Waals surface area contributed by atoms with Gasteiger partial charge >= 0.3 is 0 Å². The number of nitrogens with one attached hydrogen (secondary N) is 1. The van der Waals surface area contributed by atoms with E-state index < -0.39 is 4.92 Å². The Hall–Kier alpha value is -3.67. The number of benzene rings is 3. The largest absolute Gasteiger partial charge is 0.497 e. The summed E-state index contributed by atoms with van der Waals surface area (Å²) < 4.78 is 5.21. The molecular formula is C23H22N2O4. The van der Waals surface area contributed by atoms with Crippen molar-refractivity contribution in [1.29, 1.82) is 0 Å². The van der Waals surface area contributed by atoms with Crippen molar-refractivity contribution in [3.8, 4) is 5.75 Å². The maximum absolute atomic E-state index is 12.9. The van der Waals surface area contributed by atoms with Crippen molar-refractivity contribution in [3.63, 3.8) is 0 Å². The number of ether oxygens (including phenoxy) is 1. The highest BCUT2D eigenvalue weighted by molar-refractivity contribution is 5.97. The zero-order valence-electron chi connectivity index (χ0n) is 16.3. The van der Waals surface area contributed by atoms with E-state index in [9.17, 15) is 14.9 Å². The van der Waals surface area contributed by atoms with Gasteiger partial charge in [-0.1, -0.05) is 42.0 Å². The average molecular weight is 390 g/mol. The molecule has 0 spiro atoms. The minimum atomic E-state index is -0.436. The molecular weight excluding hydrogens is 368 g/mol. The molecule has 1 unspecified atom stereocenters. The van der Waals surface area contributed by atoms with Crippen LogP contribution in [0.1, 0.15) is 33.9 Å². The summed E-state index contributed by atoms with van der Waals surface area (Å²) in [6, 6.07) is 20.9.